The third-order valence-corrected chi connectivity index (χ3v) is 6.69. The Balaban J connectivity index is 1.82. The number of likely N-dealkylation sites (tertiary alicyclic amines) is 1. The summed E-state index contributed by atoms with van der Waals surface area (Å²) >= 11 is 0. The van der Waals surface area contributed by atoms with Crippen molar-refractivity contribution in [3.63, 3.8) is 0 Å². The van der Waals surface area contributed by atoms with Gasteiger partial charge < -0.3 is 10.6 Å². The van der Waals surface area contributed by atoms with Crippen LogP contribution >= 0.6 is 0 Å². The van der Waals surface area contributed by atoms with Gasteiger partial charge in [0, 0.05) is 25.2 Å². The van der Waals surface area contributed by atoms with Gasteiger partial charge in [0.25, 0.3) is 5.91 Å². The van der Waals surface area contributed by atoms with Gasteiger partial charge in [-0.05, 0) is 43.0 Å². The molecule has 0 aliphatic carbocycles. The van der Waals surface area contributed by atoms with Crippen LogP contribution in [0, 0.1) is 5.41 Å². The second-order valence-corrected chi connectivity index (χ2v) is 8.80. The normalized spacial score (nSPS) is 26.7. The lowest BCUT2D eigenvalue weighted by Crippen LogP contribution is -2.34. The maximum atomic E-state index is 12.7. The molecule has 1 aromatic carbocycles. The lowest BCUT2D eigenvalue weighted by molar-refractivity contribution is 0.0777. The highest BCUT2D eigenvalue weighted by Crippen LogP contribution is 2.30. The van der Waals surface area contributed by atoms with Gasteiger partial charge in [0.2, 0.25) is 10.0 Å². The molecule has 0 aromatic heterocycles. The molecule has 0 saturated carbocycles. The molecule has 0 radical (unpaired) electrons. The molecular formula is C16H23N3O3S. The average Bonchev–Trinajstić information content (AvgIpc) is 3.10. The van der Waals surface area contributed by atoms with Crippen molar-refractivity contribution in [3.05, 3.63) is 29.8 Å². The van der Waals surface area contributed by atoms with E-state index in [2.05, 4.69) is 6.92 Å². The Hall–Kier alpha value is -1.60. The Bertz CT molecular complexity index is 719. The molecule has 126 valence electrons. The van der Waals surface area contributed by atoms with Gasteiger partial charge in [0.1, 0.15) is 0 Å². The predicted octanol–water partition coefficient (Wildman–Crippen LogP) is 1.04. The zero-order valence-electron chi connectivity index (χ0n) is 13.4. The molecular weight excluding hydrogens is 314 g/mol. The van der Waals surface area contributed by atoms with Crippen molar-refractivity contribution < 1.29 is 13.2 Å². The second-order valence-electron chi connectivity index (χ2n) is 6.78. The van der Waals surface area contributed by atoms with Gasteiger partial charge in [-0.2, -0.15) is 0 Å². The van der Waals surface area contributed by atoms with Crippen molar-refractivity contribution in [2.45, 2.75) is 19.8 Å². The summed E-state index contributed by atoms with van der Waals surface area (Å²) in [4.78, 5) is 14.5. The van der Waals surface area contributed by atoms with E-state index < -0.39 is 10.0 Å². The van der Waals surface area contributed by atoms with Gasteiger partial charge in [-0.1, -0.05) is 13.0 Å². The van der Waals surface area contributed by atoms with Crippen LogP contribution in [-0.4, -0.2) is 51.2 Å². The number of benzene rings is 1. The van der Waals surface area contributed by atoms with E-state index in [0.717, 1.165) is 6.42 Å². The van der Waals surface area contributed by atoms with Crippen LogP contribution in [0.1, 0.15) is 30.1 Å². The fraction of sp³-hybridized carbons (Fsp3) is 0.562. The summed E-state index contributed by atoms with van der Waals surface area (Å²) in [6.07, 6.45) is 1.52. The molecule has 2 N–H and O–H groups in total. The number of amides is 1. The smallest absolute Gasteiger partial charge is 0.253 e. The third-order valence-electron chi connectivity index (χ3n) is 4.82. The molecule has 0 bridgehead atoms. The Labute approximate surface area is 137 Å². The van der Waals surface area contributed by atoms with Crippen molar-refractivity contribution >= 4 is 21.6 Å². The molecule has 1 atom stereocenters. The highest BCUT2D eigenvalue weighted by Gasteiger charge is 2.35. The van der Waals surface area contributed by atoms with E-state index in [1.807, 2.05) is 4.90 Å². The Kier molecular flexibility index (Phi) is 4.10. The molecule has 2 aliphatic rings. The van der Waals surface area contributed by atoms with Crippen LogP contribution < -0.4 is 10.0 Å². The minimum atomic E-state index is -3.23. The Morgan fingerprint density at radius 3 is 2.74 bits per heavy atom. The first-order valence-corrected chi connectivity index (χ1v) is 9.55. The molecule has 1 unspecified atom stereocenters. The summed E-state index contributed by atoms with van der Waals surface area (Å²) in [7, 11) is -3.23. The maximum Gasteiger partial charge on any atom is 0.253 e. The number of nitrogens with two attached hydrogens (primary N) is 1. The number of carbonyl (C=O) groups is 1. The van der Waals surface area contributed by atoms with E-state index in [-0.39, 0.29) is 17.1 Å². The van der Waals surface area contributed by atoms with Gasteiger partial charge in [0.15, 0.2) is 0 Å². The van der Waals surface area contributed by atoms with E-state index in [0.29, 0.717) is 43.9 Å². The molecule has 7 heteroatoms. The van der Waals surface area contributed by atoms with E-state index >= 15 is 0 Å². The van der Waals surface area contributed by atoms with Gasteiger partial charge in [-0.25, -0.2) is 8.42 Å². The minimum Gasteiger partial charge on any atom is -0.338 e. The molecule has 2 saturated heterocycles. The summed E-state index contributed by atoms with van der Waals surface area (Å²) in [6.45, 7) is 4.47. The number of hydrogen-bond donors (Lipinski definition) is 1. The van der Waals surface area contributed by atoms with Gasteiger partial charge in [-0.3, -0.25) is 9.10 Å². The molecule has 23 heavy (non-hydrogen) atoms. The quantitative estimate of drug-likeness (QED) is 0.893. The van der Waals surface area contributed by atoms with E-state index in [1.165, 1.54) is 4.31 Å². The zero-order chi connectivity index (χ0) is 16.7. The second kappa shape index (κ2) is 5.79. The van der Waals surface area contributed by atoms with E-state index in [1.54, 1.807) is 24.3 Å². The molecule has 2 heterocycles. The number of anilines is 1. The summed E-state index contributed by atoms with van der Waals surface area (Å²) in [5, 5.41) is 0. The van der Waals surface area contributed by atoms with E-state index in [9.17, 15) is 13.2 Å². The summed E-state index contributed by atoms with van der Waals surface area (Å²) in [5.74, 6) is 0.118. The fourth-order valence-electron chi connectivity index (χ4n) is 3.27. The highest BCUT2D eigenvalue weighted by atomic mass is 32.2. The first-order valence-electron chi connectivity index (χ1n) is 7.94. The SMILES string of the molecule is CC1(CN)CCN(C(=O)c2cccc(N3CCCS3(=O)=O)c2)C1. The van der Waals surface area contributed by atoms with Crippen molar-refractivity contribution in [1.82, 2.24) is 4.90 Å². The van der Waals surface area contributed by atoms with Crippen LogP contribution in [0.25, 0.3) is 0 Å². The molecule has 2 aliphatic heterocycles. The minimum absolute atomic E-state index is 0.0223. The molecule has 0 spiro atoms. The Morgan fingerprint density at radius 1 is 1.35 bits per heavy atom. The maximum absolute atomic E-state index is 12.7. The Morgan fingerprint density at radius 2 is 2.13 bits per heavy atom. The van der Waals surface area contributed by atoms with E-state index in [4.69, 9.17) is 5.73 Å². The molecule has 3 rings (SSSR count). The number of sulfonamides is 1. The van der Waals surface area contributed by atoms with Crippen molar-refractivity contribution in [2.24, 2.45) is 11.1 Å². The van der Waals surface area contributed by atoms with Crippen LogP contribution in [-0.2, 0) is 10.0 Å². The monoisotopic (exact) mass is 337 g/mol. The predicted molar refractivity (Wildman–Crippen MR) is 89.9 cm³/mol. The van der Waals surface area contributed by atoms with Gasteiger partial charge in [-0.15, -0.1) is 0 Å². The fourth-order valence-corrected chi connectivity index (χ4v) is 4.83. The first-order chi connectivity index (χ1) is 10.8. The standard InChI is InChI=1S/C16H23N3O3S/c1-16(11-17)6-8-18(12-16)15(20)13-4-2-5-14(10-13)19-7-3-9-23(19,21)22/h2,4-5,10H,3,6-9,11-12,17H2,1H3. The average molecular weight is 337 g/mol. The van der Waals surface area contributed by atoms with Crippen LogP contribution in [0.3, 0.4) is 0 Å². The molecule has 2 fully saturated rings. The van der Waals surface area contributed by atoms with Crippen molar-refractivity contribution in [2.75, 3.05) is 36.2 Å². The molecule has 1 amide bonds. The van der Waals surface area contributed by atoms with Crippen LogP contribution in [0.4, 0.5) is 5.69 Å². The summed E-state index contributed by atoms with van der Waals surface area (Å²) in [5.41, 5.74) is 6.88. The first kappa shape index (κ1) is 16.3. The van der Waals surface area contributed by atoms with Gasteiger partial charge in [0.05, 0.1) is 11.4 Å². The van der Waals surface area contributed by atoms with Crippen LogP contribution in [0.2, 0.25) is 0 Å². The zero-order valence-corrected chi connectivity index (χ0v) is 14.2. The number of carbonyl (C=O) groups excluding carboxylic acids is 1. The van der Waals surface area contributed by atoms with Gasteiger partial charge >= 0.3 is 0 Å². The third kappa shape index (κ3) is 3.07. The highest BCUT2D eigenvalue weighted by molar-refractivity contribution is 7.93. The number of nitrogens with zero attached hydrogens (tertiary/aromatic N) is 2. The van der Waals surface area contributed by atoms with Crippen LogP contribution in [0.5, 0.6) is 0 Å². The summed E-state index contributed by atoms with van der Waals surface area (Å²) in [6, 6.07) is 6.91. The molecule has 1 aromatic rings. The van der Waals surface area contributed by atoms with Crippen molar-refractivity contribution in [3.8, 4) is 0 Å². The number of hydrogen-bond acceptors (Lipinski definition) is 4. The van der Waals surface area contributed by atoms with Crippen LogP contribution in [0.15, 0.2) is 24.3 Å². The topological polar surface area (TPSA) is 83.7 Å². The van der Waals surface area contributed by atoms with Crippen molar-refractivity contribution in [1.29, 1.82) is 0 Å². The lowest BCUT2D eigenvalue weighted by atomic mass is 9.90. The number of rotatable bonds is 3. The molecule has 6 nitrogen and oxygen atoms in total. The largest absolute Gasteiger partial charge is 0.338 e. The lowest BCUT2D eigenvalue weighted by Gasteiger charge is -2.23. The summed E-state index contributed by atoms with van der Waals surface area (Å²) < 4.78 is 25.5.